The summed E-state index contributed by atoms with van der Waals surface area (Å²) in [7, 11) is 0. The van der Waals surface area contributed by atoms with Gasteiger partial charge < -0.3 is 15.4 Å². The van der Waals surface area contributed by atoms with Crippen molar-refractivity contribution in [2.45, 2.75) is 39.7 Å². The number of hydrogen-bond acceptors (Lipinski definition) is 2. The van der Waals surface area contributed by atoms with E-state index < -0.39 is 0 Å². The number of fused-ring (bicyclic) bond motifs is 1. The first-order valence-corrected chi connectivity index (χ1v) is 7.44. The average molecular weight is 306 g/mol. The minimum absolute atomic E-state index is 0.0184. The zero-order valence-corrected chi connectivity index (χ0v) is 13.2. The van der Waals surface area contributed by atoms with Crippen LogP contribution in [0.3, 0.4) is 0 Å². The summed E-state index contributed by atoms with van der Waals surface area (Å²) in [5.74, 6) is -0.497. The van der Waals surface area contributed by atoms with E-state index in [9.17, 15) is 14.3 Å². The number of carbonyl (C=O) groups excluding carboxylic acids is 1. The second-order valence-electron chi connectivity index (χ2n) is 6.89. The Balaban J connectivity index is 2.05. The summed E-state index contributed by atoms with van der Waals surface area (Å²) in [4.78, 5) is 15.2. The molecular weight excluding hydrogens is 283 g/mol. The van der Waals surface area contributed by atoms with Crippen molar-refractivity contribution in [2.75, 3.05) is 6.61 Å². The highest BCUT2D eigenvalue weighted by Gasteiger charge is 2.20. The Labute approximate surface area is 129 Å². The molecule has 1 aromatic heterocycles. The molecule has 22 heavy (non-hydrogen) atoms. The fraction of sp³-hybridized carbons (Fsp3) is 0.471. The summed E-state index contributed by atoms with van der Waals surface area (Å²) < 4.78 is 13.3. The van der Waals surface area contributed by atoms with Crippen LogP contribution in [-0.4, -0.2) is 28.6 Å². The predicted octanol–water partition coefficient (Wildman–Crippen LogP) is 2.76. The predicted molar refractivity (Wildman–Crippen MR) is 85.0 cm³/mol. The van der Waals surface area contributed by atoms with E-state index in [1.54, 1.807) is 12.3 Å². The minimum atomic E-state index is -0.324. The molecule has 1 atom stereocenters. The molecule has 1 unspecified atom stereocenters. The Bertz CT molecular complexity index is 658. The van der Waals surface area contributed by atoms with Gasteiger partial charge in [-0.2, -0.15) is 0 Å². The number of aromatic amines is 1. The van der Waals surface area contributed by atoms with Crippen molar-refractivity contribution in [1.29, 1.82) is 0 Å². The van der Waals surface area contributed by atoms with E-state index in [1.807, 2.05) is 0 Å². The van der Waals surface area contributed by atoms with Crippen LogP contribution in [0.5, 0.6) is 0 Å². The molecule has 2 aromatic rings. The highest BCUT2D eigenvalue weighted by molar-refractivity contribution is 5.89. The highest BCUT2D eigenvalue weighted by Crippen LogP contribution is 2.22. The molecule has 1 aromatic carbocycles. The standard InChI is InChI=1S/C17H23FN2O2/c1-17(2,3)8-13(10-21)20-16(22)6-11-9-19-15-5-4-12(18)7-14(11)15/h4-5,7,9,13,19,21H,6,8,10H2,1-3H3,(H,20,22). The largest absolute Gasteiger partial charge is 0.394 e. The van der Waals surface area contributed by atoms with E-state index in [0.717, 1.165) is 11.1 Å². The summed E-state index contributed by atoms with van der Waals surface area (Å²) >= 11 is 0. The number of carbonyl (C=O) groups is 1. The van der Waals surface area contributed by atoms with Gasteiger partial charge in [0.1, 0.15) is 5.82 Å². The Kier molecular flexibility index (Phi) is 4.86. The fourth-order valence-electron chi connectivity index (χ4n) is 2.65. The van der Waals surface area contributed by atoms with E-state index in [0.29, 0.717) is 11.8 Å². The molecule has 1 amide bonds. The van der Waals surface area contributed by atoms with Gasteiger partial charge in [0.15, 0.2) is 0 Å². The van der Waals surface area contributed by atoms with Crippen LogP contribution in [0.2, 0.25) is 0 Å². The molecule has 5 heteroatoms. The highest BCUT2D eigenvalue weighted by atomic mass is 19.1. The zero-order chi connectivity index (χ0) is 16.3. The van der Waals surface area contributed by atoms with E-state index in [-0.39, 0.29) is 36.2 Å². The maximum Gasteiger partial charge on any atom is 0.224 e. The molecule has 4 nitrogen and oxygen atoms in total. The van der Waals surface area contributed by atoms with Gasteiger partial charge in [-0.1, -0.05) is 20.8 Å². The topological polar surface area (TPSA) is 65.1 Å². The van der Waals surface area contributed by atoms with Crippen LogP contribution in [0.4, 0.5) is 4.39 Å². The van der Waals surface area contributed by atoms with E-state index in [4.69, 9.17) is 0 Å². The van der Waals surface area contributed by atoms with Gasteiger partial charge in [-0.25, -0.2) is 4.39 Å². The lowest BCUT2D eigenvalue weighted by Crippen LogP contribution is -2.40. The number of aliphatic hydroxyl groups excluding tert-OH is 1. The summed E-state index contributed by atoms with van der Waals surface area (Å²) in [5, 5.41) is 13.0. The molecule has 0 fully saturated rings. The maximum atomic E-state index is 13.3. The second kappa shape index (κ2) is 6.48. The Morgan fingerprint density at radius 1 is 1.41 bits per heavy atom. The molecule has 0 spiro atoms. The Hall–Kier alpha value is -1.88. The second-order valence-corrected chi connectivity index (χ2v) is 6.89. The van der Waals surface area contributed by atoms with Crippen LogP contribution in [-0.2, 0) is 11.2 Å². The van der Waals surface area contributed by atoms with E-state index in [2.05, 4.69) is 31.1 Å². The molecule has 120 valence electrons. The van der Waals surface area contributed by atoms with Crippen LogP contribution in [0.25, 0.3) is 10.9 Å². The number of aromatic nitrogens is 1. The molecule has 0 saturated carbocycles. The average Bonchev–Trinajstić information content (AvgIpc) is 2.79. The molecule has 0 bridgehead atoms. The number of halogens is 1. The third kappa shape index (κ3) is 4.31. The van der Waals surface area contributed by atoms with Crippen LogP contribution in [0.15, 0.2) is 24.4 Å². The number of nitrogens with one attached hydrogen (secondary N) is 2. The number of amides is 1. The number of H-pyrrole nitrogens is 1. The summed E-state index contributed by atoms with van der Waals surface area (Å²) in [6.45, 7) is 6.09. The van der Waals surface area contributed by atoms with Gasteiger partial charge in [-0.05, 0) is 35.6 Å². The molecule has 0 saturated heterocycles. The molecule has 0 aliphatic heterocycles. The maximum absolute atomic E-state index is 13.3. The van der Waals surface area contributed by atoms with Gasteiger partial charge >= 0.3 is 0 Å². The Morgan fingerprint density at radius 3 is 2.77 bits per heavy atom. The normalized spacial score (nSPS) is 13.3. The molecule has 0 aliphatic carbocycles. The van der Waals surface area contributed by atoms with Crippen LogP contribution in [0, 0.1) is 11.2 Å². The van der Waals surface area contributed by atoms with Gasteiger partial charge in [0, 0.05) is 17.1 Å². The molecule has 0 radical (unpaired) electrons. The first-order chi connectivity index (χ1) is 10.3. The molecular formula is C17H23FN2O2. The third-order valence-corrected chi connectivity index (χ3v) is 3.52. The Morgan fingerprint density at radius 2 is 2.14 bits per heavy atom. The van der Waals surface area contributed by atoms with Crippen molar-refractivity contribution < 1.29 is 14.3 Å². The molecule has 3 N–H and O–H groups in total. The van der Waals surface area contributed by atoms with Crippen LogP contribution >= 0.6 is 0 Å². The summed E-state index contributed by atoms with van der Waals surface area (Å²) in [5.41, 5.74) is 1.57. The van der Waals surface area contributed by atoms with Crippen molar-refractivity contribution in [3.63, 3.8) is 0 Å². The number of aliphatic hydroxyl groups is 1. The minimum Gasteiger partial charge on any atom is -0.394 e. The van der Waals surface area contributed by atoms with Crippen LogP contribution < -0.4 is 5.32 Å². The number of benzene rings is 1. The van der Waals surface area contributed by atoms with Crippen LogP contribution in [0.1, 0.15) is 32.8 Å². The first kappa shape index (κ1) is 16.5. The lowest BCUT2D eigenvalue weighted by Gasteiger charge is -2.25. The molecule has 0 aliphatic rings. The smallest absolute Gasteiger partial charge is 0.224 e. The van der Waals surface area contributed by atoms with Crippen molar-refractivity contribution in [3.05, 3.63) is 35.8 Å². The summed E-state index contributed by atoms with van der Waals surface area (Å²) in [6, 6.07) is 4.19. The molecule has 1 heterocycles. The SMILES string of the molecule is CC(C)(C)CC(CO)NC(=O)Cc1c[nH]c2ccc(F)cc12. The zero-order valence-electron chi connectivity index (χ0n) is 13.2. The van der Waals surface area contributed by atoms with Crippen molar-refractivity contribution in [1.82, 2.24) is 10.3 Å². The monoisotopic (exact) mass is 306 g/mol. The van der Waals surface area contributed by atoms with Crippen molar-refractivity contribution >= 4 is 16.8 Å². The quantitative estimate of drug-likeness (QED) is 0.795. The van der Waals surface area contributed by atoms with Gasteiger partial charge in [-0.15, -0.1) is 0 Å². The van der Waals surface area contributed by atoms with Gasteiger partial charge in [-0.3, -0.25) is 4.79 Å². The van der Waals surface area contributed by atoms with Gasteiger partial charge in [0.25, 0.3) is 0 Å². The van der Waals surface area contributed by atoms with Crippen molar-refractivity contribution in [3.8, 4) is 0 Å². The third-order valence-electron chi connectivity index (χ3n) is 3.52. The van der Waals surface area contributed by atoms with Gasteiger partial charge in [0.05, 0.1) is 19.1 Å². The van der Waals surface area contributed by atoms with Crippen molar-refractivity contribution in [2.24, 2.45) is 5.41 Å². The number of hydrogen-bond donors (Lipinski definition) is 3. The fourth-order valence-corrected chi connectivity index (χ4v) is 2.65. The number of rotatable bonds is 5. The summed E-state index contributed by atoms with van der Waals surface area (Å²) in [6.07, 6.45) is 2.57. The first-order valence-electron chi connectivity index (χ1n) is 7.44. The van der Waals surface area contributed by atoms with E-state index in [1.165, 1.54) is 12.1 Å². The van der Waals surface area contributed by atoms with E-state index >= 15 is 0 Å². The lowest BCUT2D eigenvalue weighted by atomic mass is 9.88. The van der Waals surface area contributed by atoms with Gasteiger partial charge in [0.2, 0.25) is 5.91 Å². The lowest BCUT2D eigenvalue weighted by molar-refractivity contribution is -0.121. The molecule has 2 rings (SSSR count).